The van der Waals surface area contributed by atoms with E-state index in [1.54, 1.807) is 25.3 Å². The van der Waals surface area contributed by atoms with Gasteiger partial charge in [-0.15, -0.1) is 11.3 Å². The van der Waals surface area contributed by atoms with Crippen molar-refractivity contribution in [2.45, 2.75) is 37.5 Å². The maximum atomic E-state index is 12.2. The highest BCUT2D eigenvalue weighted by atomic mass is 32.2. The van der Waals surface area contributed by atoms with E-state index in [0.29, 0.717) is 6.54 Å². The van der Waals surface area contributed by atoms with Crippen molar-refractivity contribution in [2.75, 3.05) is 13.6 Å². The molecule has 0 fully saturated rings. The maximum absolute atomic E-state index is 12.2. The fourth-order valence-electron chi connectivity index (χ4n) is 2.32. The molecule has 1 aliphatic carbocycles. The van der Waals surface area contributed by atoms with E-state index in [-0.39, 0.29) is 6.04 Å². The largest absolute Gasteiger partial charge is 0.318 e. The predicted octanol–water partition coefficient (Wildman–Crippen LogP) is 1.65. The quantitative estimate of drug-likeness (QED) is 0.866. The second-order valence-corrected chi connectivity index (χ2v) is 7.91. The second-order valence-electron chi connectivity index (χ2n) is 4.78. The van der Waals surface area contributed by atoms with Gasteiger partial charge in [-0.05, 0) is 50.2 Å². The molecular formula is C12H20N2O2S2. The summed E-state index contributed by atoms with van der Waals surface area (Å²) in [6.45, 7) is 2.20. The van der Waals surface area contributed by atoms with E-state index in [0.717, 1.165) is 19.3 Å². The van der Waals surface area contributed by atoms with Gasteiger partial charge in [0.25, 0.3) is 0 Å². The monoisotopic (exact) mass is 288 g/mol. The molecule has 2 unspecified atom stereocenters. The van der Waals surface area contributed by atoms with Crippen LogP contribution in [0.4, 0.5) is 0 Å². The van der Waals surface area contributed by atoms with Crippen LogP contribution in [-0.2, 0) is 16.4 Å². The third-order valence-electron chi connectivity index (χ3n) is 3.38. The van der Waals surface area contributed by atoms with Gasteiger partial charge in [0.1, 0.15) is 0 Å². The van der Waals surface area contributed by atoms with Crippen LogP contribution < -0.4 is 10.0 Å². The topological polar surface area (TPSA) is 58.2 Å². The van der Waals surface area contributed by atoms with Crippen LogP contribution in [0, 0.1) is 0 Å². The molecule has 102 valence electrons. The number of fused-ring (bicyclic) bond motifs is 1. The molecule has 0 saturated carbocycles. The predicted molar refractivity (Wildman–Crippen MR) is 75.4 cm³/mol. The highest BCUT2D eigenvalue weighted by Gasteiger charge is 2.28. The minimum atomic E-state index is -3.25. The lowest BCUT2D eigenvalue weighted by Crippen LogP contribution is -2.40. The molecule has 1 aromatic heterocycles. The minimum Gasteiger partial charge on any atom is -0.318 e. The molecule has 18 heavy (non-hydrogen) atoms. The SMILES string of the molecule is CNCC(C)S(=O)(=O)NC1CCCc2sccc21. The number of hydrogen-bond donors (Lipinski definition) is 2. The first-order valence-electron chi connectivity index (χ1n) is 6.26. The van der Waals surface area contributed by atoms with Gasteiger partial charge in [0.05, 0.1) is 5.25 Å². The smallest absolute Gasteiger partial charge is 0.216 e. The fourth-order valence-corrected chi connectivity index (χ4v) is 4.57. The van der Waals surface area contributed by atoms with Crippen LogP contribution in [0.3, 0.4) is 0 Å². The Morgan fingerprint density at radius 1 is 1.56 bits per heavy atom. The number of rotatable bonds is 5. The normalized spacial score (nSPS) is 21.6. The average Bonchev–Trinajstić information content (AvgIpc) is 2.78. The Labute approximate surface area is 113 Å². The van der Waals surface area contributed by atoms with E-state index >= 15 is 0 Å². The molecule has 2 rings (SSSR count). The lowest BCUT2D eigenvalue weighted by Gasteiger charge is -2.25. The van der Waals surface area contributed by atoms with E-state index < -0.39 is 15.3 Å². The Balaban J connectivity index is 2.12. The third kappa shape index (κ3) is 2.93. The molecule has 4 nitrogen and oxygen atoms in total. The van der Waals surface area contributed by atoms with Crippen LogP contribution in [0.15, 0.2) is 11.4 Å². The van der Waals surface area contributed by atoms with Crippen molar-refractivity contribution in [1.82, 2.24) is 10.0 Å². The van der Waals surface area contributed by atoms with E-state index in [4.69, 9.17) is 0 Å². The Morgan fingerprint density at radius 2 is 2.33 bits per heavy atom. The molecule has 2 N–H and O–H groups in total. The Kier molecular flexibility index (Phi) is 4.42. The second kappa shape index (κ2) is 5.69. The van der Waals surface area contributed by atoms with Crippen LogP contribution in [-0.4, -0.2) is 27.3 Å². The number of aryl methyl sites for hydroxylation is 1. The molecule has 1 aromatic rings. The first-order valence-corrected chi connectivity index (χ1v) is 8.69. The van der Waals surface area contributed by atoms with Crippen molar-refractivity contribution in [3.05, 3.63) is 21.9 Å². The summed E-state index contributed by atoms with van der Waals surface area (Å²) in [5.41, 5.74) is 1.17. The van der Waals surface area contributed by atoms with Crippen LogP contribution in [0.1, 0.15) is 36.2 Å². The van der Waals surface area contributed by atoms with E-state index in [9.17, 15) is 8.42 Å². The molecule has 0 aromatic carbocycles. The summed E-state index contributed by atoms with van der Waals surface area (Å²) < 4.78 is 27.2. The standard InChI is InChI=1S/C12H20N2O2S2/c1-9(8-13-2)18(15,16)14-11-4-3-5-12-10(11)6-7-17-12/h6-7,9,11,13-14H,3-5,8H2,1-2H3. The van der Waals surface area contributed by atoms with Crippen molar-refractivity contribution in [3.8, 4) is 0 Å². The van der Waals surface area contributed by atoms with Crippen molar-refractivity contribution in [3.63, 3.8) is 0 Å². The molecule has 0 radical (unpaired) electrons. The van der Waals surface area contributed by atoms with Gasteiger partial charge in [-0.2, -0.15) is 0 Å². The summed E-state index contributed by atoms with van der Waals surface area (Å²) in [4.78, 5) is 1.33. The molecule has 0 aliphatic heterocycles. The maximum Gasteiger partial charge on any atom is 0.216 e. The Hall–Kier alpha value is -0.430. The molecule has 2 atom stereocenters. The van der Waals surface area contributed by atoms with Gasteiger partial charge < -0.3 is 5.32 Å². The summed E-state index contributed by atoms with van der Waals surface area (Å²) in [7, 11) is -1.48. The first-order chi connectivity index (χ1) is 8.54. The van der Waals surface area contributed by atoms with Gasteiger partial charge in [-0.25, -0.2) is 13.1 Å². The number of thiophene rings is 1. The molecule has 0 amide bonds. The van der Waals surface area contributed by atoms with Gasteiger partial charge in [0.2, 0.25) is 10.0 Å². The van der Waals surface area contributed by atoms with Crippen LogP contribution in [0.25, 0.3) is 0 Å². The van der Waals surface area contributed by atoms with Crippen molar-refractivity contribution in [2.24, 2.45) is 0 Å². The van der Waals surface area contributed by atoms with Gasteiger partial charge in [0.15, 0.2) is 0 Å². The minimum absolute atomic E-state index is 0.0377. The molecule has 1 aliphatic rings. The number of sulfonamides is 1. The zero-order valence-electron chi connectivity index (χ0n) is 10.8. The van der Waals surface area contributed by atoms with Crippen molar-refractivity contribution < 1.29 is 8.42 Å². The lowest BCUT2D eigenvalue weighted by molar-refractivity contribution is 0.503. The molecule has 0 bridgehead atoms. The van der Waals surface area contributed by atoms with Crippen LogP contribution in [0.2, 0.25) is 0 Å². The van der Waals surface area contributed by atoms with Gasteiger partial charge in [-0.3, -0.25) is 0 Å². The number of nitrogens with one attached hydrogen (secondary N) is 2. The molecule has 6 heteroatoms. The summed E-state index contributed by atoms with van der Waals surface area (Å²) >= 11 is 1.73. The zero-order valence-corrected chi connectivity index (χ0v) is 12.4. The highest BCUT2D eigenvalue weighted by Crippen LogP contribution is 2.33. The van der Waals surface area contributed by atoms with Crippen LogP contribution >= 0.6 is 11.3 Å². The summed E-state index contributed by atoms with van der Waals surface area (Å²) in [6.07, 6.45) is 3.04. The van der Waals surface area contributed by atoms with E-state index in [2.05, 4.69) is 16.1 Å². The first kappa shape index (κ1) is 14.0. The van der Waals surface area contributed by atoms with Crippen molar-refractivity contribution in [1.29, 1.82) is 0 Å². The third-order valence-corrected chi connectivity index (χ3v) is 6.22. The summed E-state index contributed by atoms with van der Waals surface area (Å²) in [6, 6.07) is 2.01. The van der Waals surface area contributed by atoms with Gasteiger partial charge in [-0.1, -0.05) is 0 Å². The average molecular weight is 288 g/mol. The van der Waals surface area contributed by atoms with E-state index in [1.807, 2.05) is 5.38 Å². The number of hydrogen-bond acceptors (Lipinski definition) is 4. The fraction of sp³-hybridized carbons (Fsp3) is 0.667. The molecular weight excluding hydrogens is 268 g/mol. The Bertz CT molecular complexity index is 496. The summed E-state index contributed by atoms with van der Waals surface area (Å²) in [5, 5.41) is 4.55. The van der Waals surface area contributed by atoms with E-state index in [1.165, 1.54) is 10.4 Å². The Morgan fingerprint density at radius 3 is 3.06 bits per heavy atom. The van der Waals surface area contributed by atoms with Crippen LogP contribution in [0.5, 0.6) is 0 Å². The molecule has 0 saturated heterocycles. The summed E-state index contributed by atoms with van der Waals surface area (Å²) in [5.74, 6) is 0. The lowest BCUT2D eigenvalue weighted by atomic mass is 9.95. The van der Waals surface area contributed by atoms with Crippen molar-refractivity contribution >= 4 is 21.4 Å². The molecule has 0 spiro atoms. The zero-order chi connectivity index (χ0) is 13.2. The molecule has 1 heterocycles. The van der Waals surface area contributed by atoms with Gasteiger partial charge in [0, 0.05) is 17.5 Å². The van der Waals surface area contributed by atoms with Gasteiger partial charge >= 0.3 is 0 Å². The highest BCUT2D eigenvalue weighted by molar-refractivity contribution is 7.90.